The number of carbonyl (C=O) groups is 1. The Hall–Kier alpha value is -0.0800. The van der Waals surface area contributed by atoms with Gasteiger partial charge in [0, 0.05) is 6.61 Å². The quantitative estimate of drug-likeness (QED) is 0.593. The highest BCUT2D eigenvalue weighted by Gasteiger charge is 2.17. The monoisotopic (exact) mass is 164 g/mol. The van der Waals surface area contributed by atoms with Gasteiger partial charge in [-0.1, -0.05) is 6.92 Å². The first-order chi connectivity index (χ1) is 4.59. The molecule has 60 valence electrons. The van der Waals surface area contributed by atoms with E-state index in [1.54, 1.807) is 6.92 Å². The summed E-state index contributed by atoms with van der Waals surface area (Å²) < 4.78 is 5.16. The van der Waals surface area contributed by atoms with E-state index >= 15 is 0 Å². The van der Waals surface area contributed by atoms with E-state index in [1.807, 2.05) is 13.8 Å². The Morgan fingerprint density at radius 3 is 2.40 bits per heavy atom. The lowest BCUT2D eigenvalue weighted by Crippen LogP contribution is -2.22. The van der Waals surface area contributed by atoms with Gasteiger partial charge >= 0.3 is 0 Å². The highest BCUT2D eigenvalue weighted by Crippen LogP contribution is 2.09. The average Bonchev–Trinajstić information content (AvgIpc) is 1.87. The van der Waals surface area contributed by atoms with Crippen LogP contribution in [0.2, 0.25) is 0 Å². The van der Waals surface area contributed by atoms with Crippen LogP contribution in [-0.4, -0.2) is 18.0 Å². The van der Waals surface area contributed by atoms with Gasteiger partial charge in [0.05, 0.1) is 12.0 Å². The van der Waals surface area contributed by atoms with Crippen LogP contribution in [0.5, 0.6) is 0 Å². The number of rotatable bonds is 4. The van der Waals surface area contributed by atoms with Crippen LogP contribution < -0.4 is 0 Å². The third-order valence-corrected chi connectivity index (χ3v) is 1.84. The molecule has 0 aromatic carbocycles. The fourth-order valence-electron chi connectivity index (χ4n) is 0.592. The van der Waals surface area contributed by atoms with Gasteiger partial charge in [0.25, 0.3) is 0 Å². The minimum Gasteiger partial charge on any atom is -0.378 e. The van der Waals surface area contributed by atoms with Gasteiger partial charge in [-0.25, -0.2) is 0 Å². The predicted molar refractivity (Wildman–Crippen MR) is 41.1 cm³/mol. The second-order valence-electron chi connectivity index (χ2n) is 2.25. The topological polar surface area (TPSA) is 26.3 Å². The summed E-state index contributed by atoms with van der Waals surface area (Å²) in [4.78, 5) is 10.5. The molecule has 0 amide bonds. The van der Waals surface area contributed by atoms with Crippen LogP contribution in [0.15, 0.2) is 0 Å². The van der Waals surface area contributed by atoms with Gasteiger partial charge in [0.1, 0.15) is 0 Å². The minimum absolute atomic E-state index is 0.0741. The van der Waals surface area contributed by atoms with E-state index in [9.17, 15) is 4.79 Å². The standard InChI is InChI=1S/C7H13ClO2/c1-4-10-6(3)5(2)7(8)9/h5-6H,4H2,1-3H3/t5-,6+/m1/s1. The summed E-state index contributed by atoms with van der Waals surface area (Å²) in [6.07, 6.45) is -0.0741. The van der Waals surface area contributed by atoms with Crippen molar-refractivity contribution in [1.82, 2.24) is 0 Å². The summed E-state index contributed by atoms with van der Waals surface area (Å²) in [5.74, 6) is -0.207. The van der Waals surface area contributed by atoms with Crippen LogP contribution in [0, 0.1) is 5.92 Å². The lowest BCUT2D eigenvalue weighted by atomic mass is 10.1. The molecule has 0 aliphatic carbocycles. The average molecular weight is 165 g/mol. The van der Waals surface area contributed by atoms with Gasteiger partial charge in [-0.3, -0.25) is 4.79 Å². The molecule has 0 heterocycles. The second-order valence-corrected chi connectivity index (χ2v) is 2.63. The zero-order chi connectivity index (χ0) is 8.15. The van der Waals surface area contributed by atoms with Gasteiger partial charge < -0.3 is 4.74 Å². The SMILES string of the molecule is CCO[C@@H](C)[C@@H](C)C(=O)Cl. The summed E-state index contributed by atoms with van der Waals surface area (Å²) in [6.45, 7) is 6.11. The van der Waals surface area contributed by atoms with Crippen LogP contribution in [0.25, 0.3) is 0 Å². The largest absolute Gasteiger partial charge is 0.378 e. The number of ether oxygens (including phenoxy) is 1. The smallest absolute Gasteiger partial charge is 0.227 e. The summed E-state index contributed by atoms with van der Waals surface area (Å²) in [6, 6.07) is 0. The molecule has 2 atom stereocenters. The molecule has 0 saturated carbocycles. The summed E-state index contributed by atoms with van der Waals surface area (Å²) in [5.41, 5.74) is 0. The van der Waals surface area contributed by atoms with Gasteiger partial charge in [-0.05, 0) is 25.4 Å². The Morgan fingerprint density at radius 2 is 2.10 bits per heavy atom. The molecule has 0 aliphatic heterocycles. The molecule has 0 fully saturated rings. The Kier molecular flexibility index (Phi) is 4.65. The highest BCUT2D eigenvalue weighted by molar-refractivity contribution is 6.64. The molecule has 0 aliphatic rings. The van der Waals surface area contributed by atoms with Crippen molar-refractivity contribution in [2.24, 2.45) is 5.92 Å². The first kappa shape index (κ1) is 9.92. The second kappa shape index (κ2) is 4.69. The van der Waals surface area contributed by atoms with Gasteiger partial charge in [0.2, 0.25) is 5.24 Å². The molecule has 0 unspecified atom stereocenters. The highest BCUT2D eigenvalue weighted by atomic mass is 35.5. The fourth-order valence-corrected chi connectivity index (χ4v) is 0.769. The molecule has 0 aromatic heterocycles. The van der Waals surface area contributed by atoms with E-state index in [0.29, 0.717) is 6.61 Å². The molecule has 0 spiro atoms. The predicted octanol–water partition coefficient (Wildman–Crippen LogP) is 1.81. The Morgan fingerprint density at radius 1 is 1.60 bits per heavy atom. The van der Waals surface area contributed by atoms with Crippen molar-refractivity contribution < 1.29 is 9.53 Å². The Labute approximate surface area is 66.5 Å². The van der Waals surface area contributed by atoms with Crippen LogP contribution in [0.4, 0.5) is 0 Å². The molecular formula is C7H13ClO2. The Balaban J connectivity index is 3.69. The maximum atomic E-state index is 10.5. The first-order valence-electron chi connectivity index (χ1n) is 3.40. The van der Waals surface area contributed by atoms with Crippen LogP contribution in [0.1, 0.15) is 20.8 Å². The van der Waals surface area contributed by atoms with E-state index in [2.05, 4.69) is 0 Å². The molecule has 0 aromatic rings. The first-order valence-corrected chi connectivity index (χ1v) is 3.78. The van der Waals surface area contributed by atoms with E-state index < -0.39 is 0 Å². The molecule has 0 rings (SSSR count). The van der Waals surface area contributed by atoms with Gasteiger partial charge in [-0.2, -0.15) is 0 Å². The molecule has 0 bridgehead atoms. The van der Waals surface area contributed by atoms with Crippen molar-refractivity contribution in [2.45, 2.75) is 26.9 Å². The van der Waals surface area contributed by atoms with Crippen molar-refractivity contribution in [1.29, 1.82) is 0 Å². The van der Waals surface area contributed by atoms with Gasteiger partial charge in [-0.15, -0.1) is 0 Å². The van der Waals surface area contributed by atoms with Crippen molar-refractivity contribution in [3.8, 4) is 0 Å². The molecule has 0 radical (unpaired) electrons. The summed E-state index contributed by atoms with van der Waals surface area (Å²) >= 11 is 5.24. The zero-order valence-electron chi connectivity index (χ0n) is 6.56. The van der Waals surface area contributed by atoms with E-state index in [1.165, 1.54) is 0 Å². The third kappa shape index (κ3) is 3.18. The lowest BCUT2D eigenvalue weighted by molar-refractivity contribution is -0.118. The molecule has 3 heteroatoms. The maximum Gasteiger partial charge on any atom is 0.227 e. The van der Waals surface area contributed by atoms with Crippen molar-refractivity contribution in [3.63, 3.8) is 0 Å². The van der Waals surface area contributed by atoms with Crippen molar-refractivity contribution in [3.05, 3.63) is 0 Å². The van der Waals surface area contributed by atoms with Gasteiger partial charge in [0.15, 0.2) is 0 Å². The zero-order valence-corrected chi connectivity index (χ0v) is 7.31. The normalized spacial score (nSPS) is 16.4. The lowest BCUT2D eigenvalue weighted by Gasteiger charge is -2.15. The van der Waals surface area contributed by atoms with Crippen LogP contribution in [0.3, 0.4) is 0 Å². The van der Waals surface area contributed by atoms with Crippen molar-refractivity contribution >= 4 is 16.8 Å². The third-order valence-electron chi connectivity index (χ3n) is 1.49. The van der Waals surface area contributed by atoms with Crippen LogP contribution in [-0.2, 0) is 9.53 Å². The summed E-state index contributed by atoms with van der Waals surface area (Å²) in [7, 11) is 0. The molecule has 0 N–H and O–H groups in total. The van der Waals surface area contributed by atoms with Crippen molar-refractivity contribution in [2.75, 3.05) is 6.61 Å². The fraction of sp³-hybridized carbons (Fsp3) is 0.857. The number of carbonyl (C=O) groups excluding carboxylic acids is 1. The summed E-state index contributed by atoms with van der Waals surface area (Å²) in [5, 5.41) is -0.332. The Bertz CT molecular complexity index is 114. The molecule has 10 heavy (non-hydrogen) atoms. The number of hydrogen-bond acceptors (Lipinski definition) is 2. The number of hydrogen-bond donors (Lipinski definition) is 0. The molecular weight excluding hydrogens is 152 g/mol. The van der Waals surface area contributed by atoms with Crippen LogP contribution >= 0.6 is 11.6 Å². The molecule has 2 nitrogen and oxygen atoms in total. The van der Waals surface area contributed by atoms with E-state index in [-0.39, 0.29) is 17.3 Å². The minimum atomic E-state index is -0.332. The number of halogens is 1. The van der Waals surface area contributed by atoms with E-state index in [0.717, 1.165) is 0 Å². The maximum absolute atomic E-state index is 10.5. The molecule has 0 saturated heterocycles. The van der Waals surface area contributed by atoms with E-state index in [4.69, 9.17) is 16.3 Å².